The van der Waals surface area contributed by atoms with E-state index in [1.54, 1.807) is 6.20 Å². The van der Waals surface area contributed by atoms with Crippen molar-refractivity contribution in [2.24, 2.45) is 0 Å². The number of anilines is 1. The lowest BCUT2D eigenvalue weighted by atomic mass is 10.1. The molecule has 148 valence electrons. The second kappa shape index (κ2) is 7.63. The summed E-state index contributed by atoms with van der Waals surface area (Å²) in [5, 5.41) is 0. The molecule has 0 unspecified atom stereocenters. The van der Waals surface area contributed by atoms with Crippen molar-refractivity contribution in [3.8, 4) is 11.5 Å². The summed E-state index contributed by atoms with van der Waals surface area (Å²) in [6.45, 7) is 6.02. The van der Waals surface area contributed by atoms with Crippen molar-refractivity contribution in [1.82, 2.24) is 19.8 Å². The highest BCUT2D eigenvalue weighted by Crippen LogP contribution is 2.32. The predicted molar refractivity (Wildman–Crippen MR) is 105 cm³/mol. The van der Waals surface area contributed by atoms with Gasteiger partial charge in [-0.25, -0.2) is 9.97 Å². The van der Waals surface area contributed by atoms with Crippen molar-refractivity contribution < 1.29 is 14.3 Å². The number of benzene rings is 1. The van der Waals surface area contributed by atoms with E-state index in [-0.39, 0.29) is 12.7 Å². The molecule has 28 heavy (non-hydrogen) atoms. The summed E-state index contributed by atoms with van der Waals surface area (Å²) < 4.78 is 10.8. The summed E-state index contributed by atoms with van der Waals surface area (Å²) in [4.78, 5) is 27.7. The van der Waals surface area contributed by atoms with Crippen molar-refractivity contribution in [2.75, 3.05) is 52.0 Å². The smallest absolute Gasteiger partial charge is 0.257 e. The molecule has 4 rings (SSSR count). The molecule has 1 aromatic carbocycles. The average Bonchev–Trinajstić information content (AvgIpc) is 3.16. The van der Waals surface area contributed by atoms with Crippen LogP contribution in [-0.4, -0.2) is 72.7 Å². The van der Waals surface area contributed by atoms with Crippen LogP contribution in [0.25, 0.3) is 0 Å². The highest BCUT2D eigenvalue weighted by molar-refractivity contribution is 5.95. The number of carbonyl (C=O) groups excluding carboxylic acids is 1. The van der Waals surface area contributed by atoms with Crippen molar-refractivity contribution in [3.63, 3.8) is 0 Å². The number of amides is 1. The van der Waals surface area contributed by atoms with Gasteiger partial charge in [0.1, 0.15) is 0 Å². The molecule has 0 aliphatic carbocycles. The Kier molecular flexibility index (Phi) is 5.04. The van der Waals surface area contributed by atoms with Crippen LogP contribution < -0.4 is 14.4 Å². The molecule has 8 nitrogen and oxygen atoms in total. The first-order valence-corrected chi connectivity index (χ1v) is 9.42. The number of rotatable bonds is 4. The summed E-state index contributed by atoms with van der Waals surface area (Å²) in [6.07, 6.45) is 1.64. The Bertz CT molecular complexity index is 878. The van der Waals surface area contributed by atoms with Gasteiger partial charge in [0.15, 0.2) is 11.5 Å². The van der Waals surface area contributed by atoms with E-state index in [4.69, 9.17) is 9.47 Å². The monoisotopic (exact) mass is 383 g/mol. The Morgan fingerprint density at radius 3 is 2.61 bits per heavy atom. The standard InChI is InChI=1S/C20H25N5O3/c1-14-16(11-21-20(22-14)23(2)3)19(26)25-8-6-24(7-9-25)12-15-4-5-17-18(10-15)28-13-27-17/h4-5,10-11H,6-9,12-13H2,1-3H3. The SMILES string of the molecule is Cc1nc(N(C)C)ncc1C(=O)N1CCN(Cc2ccc3c(c2)OCO3)CC1. The second-order valence-corrected chi connectivity index (χ2v) is 7.32. The molecule has 0 radical (unpaired) electrons. The van der Waals surface area contributed by atoms with Crippen molar-refractivity contribution in [1.29, 1.82) is 0 Å². The Labute approximate surface area is 164 Å². The van der Waals surface area contributed by atoms with Gasteiger partial charge in [-0.1, -0.05) is 6.07 Å². The fourth-order valence-corrected chi connectivity index (χ4v) is 3.46. The molecule has 2 aromatic rings. The lowest BCUT2D eigenvalue weighted by Gasteiger charge is -2.35. The maximum atomic E-state index is 12.9. The van der Waals surface area contributed by atoms with Crippen molar-refractivity contribution >= 4 is 11.9 Å². The number of hydrogen-bond donors (Lipinski definition) is 0. The van der Waals surface area contributed by atoms with Gasteiger partial charge in [-0.3, -0.25) is 9.69 Å². The summed E-state index contributed by atoms with van der Waals surface area (Å²) in [6, 6.07) is 6.06. The van der Waals surface area contributed by atoms with E-state index in [9.17, 15) is 4.79 Å². The lowest BCUT2D eigenvalue weighted by Crippen LogP contribution is -2.48. The normalized spacial score (nSPS) is 16.3. The lowest BCUT2D eigenvalue weighted by molar-refractivity contribution is 0.0627. The molecular formula is C20H25N5O3. The van der Waals surface area contributed by atoms with Crippen LogP contribution in [0.3, 0.4) is 0 Å². The molecule has 1 amide bonds. The summed E-state index contributed by atoms with van der Waals surface area (Å²) >= 11 is 0. The Morgan fingerprint density at radius 1 is 1.14 bits per heavy atom. The number of carbonyl (C=O) groups is 1. The van der Waals surface area contributed by atoms with Gasteiger partial charge >= 0.3 is 0 Å². The van der Waals surface area contributed by atoms with Gasteiger partial charge in [-0.15, -0.1) is 0 Å². The molecule has 0 saturated carbocycles. The van der Waals surface area contributed by atoms with Gasteiger partial charge in [-0.2, -0.15) is 0 Å². The Hall–Kier alpha value is -2.87. The molecule has 1 saturated heterocycles. The van der Waals surface area contributed by atoms with E-state index in [2.05, 4.69) is 20.9 Å². The Balaban J connectivity index is 1.35. The Morgan fingerprint density at radius 2 is 1.89 bits per heavy atom. The first-order chi connectivity index (χ1) is 13.5. The van der Waals surface area contributed by atoms with Crippen LogP contribution in [0.4, 0.5) is 5.95 Å². The van der Waals surface area contributed by atoms with Crippen LogP contribution in [0.15, 0.2) is 24.4 Å². The quantitative estimate of drug-likeness (QED) is 0.793. The highest BCUT2D eigenvalue weighted by atomic mass is 16.7. The molecule has 3 heterocycles. The van der Waals surface area contributed by atoms with Crippen LogP contribution in [0.5, 0.6) is 11.5 Å². The van der Waals surface area contributed by atoms with Crippen molar-refractivity contribution in [3.05, 3.63) is 41.2 Å². The van der Waals surface area contributed by atoms with Crippen LogP contribution >= 0.6 is 0 Å². The minimum Gasteiger partial charge on any atom is -0.454 e. The molecule has 0 N–H and O–H groups in total. The van der Waals surface area contributed by atoms with E-state index in [0.29, 0.717) is 30.3 Å². The summed E-state index contributed by atoms with van der Waals surface area (Å²) in [7, 11) is 3.77. The number of nitrogens with zero attached hydrogens (tertiary/aromatic N) is 5. The van der Waals surface area contributed by atoms with E-state index >= 15 is 0 Å². The topological polar surface area (TPSA) is 71.0 Å². The van der Waals surface area contributed by atoms with Crippen molar-refractivity contribution in [2.45, 2.75) is 13.5 Å². The van der Waals surface area contributed by atoms with E-state index in [0.717, 1.165) is 31.1 Å². The largest absolute Gasteiger partial charge is 0.454 e. The maximum absolute atomic E-state index is 12.9. The zero-order valence-electron chi connectivity index (χ0n) is 16.5. The number of piperazine rings is 1. The highest BCUT2D eigenvalue weighted by Gasteiger charge is 2.24. The third-order valence-corrected chi connectivity index (χ3v) is 5.10. The molecular weight excluding hydrogens is 358 g/mol. The van der Waals surface area contributed by atoms with E-state index in [1.165, 1.54) is 5.56 Å². The molecule has 0 bridgehead atoms. The summed E-state index contributed by atoms with van der Waals surface area (Å²) in [5.74, 6) is 2.23. The first-order valence-electron chi connectivity index (χ1n) is 9.42. The fourth-order valence-electron chi connectivity index (χ4n) is 3.46. The molecule has 0 spiro atoms. The van der Waals surface area contributed by atoms with Gasteiger partial charge < -0.3 is 19.3 Å². The predicted octanol–water partition coefficient (Wildman–Crippen LogP) is 1.54. The van der Waals surface area contributed by atoms with Gasteiger partial charge in [0.25, 0.3) is 5.91 Å². The minimum atomic E-state index is 0.00513. The van der Waals surface area contributed by atoms with Gasteiger partial charge in [-0.05, 0) is 24.6 Å². The molecule has 8 heteroatoms. The molecule has 0 atom stereocenters. The van der Waals surface area contributed by atoms with E-state index < -0.39 is 0 Å². The number of aryl methyl sites for hydroxylation is 1. The van der Waals surface area contributed by atoms with Crippen LogP contribution in [0.2, 0.25) is 0 Å². The van der Waals surface area contributed by atoms with E-state index in [1.807, 2.05) is 43.0 Å². The van der Waals surface area contributed by atoms with Gasteiger partial charge in [0.2, 0.25) is 12.7 Å². The number of aromatic nitrogens is 2. The van der Waals surface area contributed by atoms with Crippen LogP contribution in [0.1, 0.15) is 21.6 Å². The fraction of sp³-hybridized carbons (Fsp3) is 0.450. The molecule has 2 aliphatic heterocycles. The van der Waals surface area contributed by atoms with Gasteiger partial charge in [0, 0.05) is 53.0 Å². The van der Waals surface area contributed by atoms with Crippen LogP contribution in [0, 0.1) is 6.92 Å². The second-order valence-electron chi connectivity index (χ2n) is 7.32. The number of ether oxygens (including phenoxy) is 2. The molecule has 1 aromatic heterocycles. The average molecular weight is 383 g/mol. The molecule has 1 fully saturated rings. The number of fused-ring (bicyclic) bond motifs is 1. The zero-order valence-corrected chi connectivity index (χ0v) is 16.5. The third-order valence-electron chi connectivity index (χ3n) is 5.10. The maximum Gasteiger partial charge on any atom is 0.257 e. The molecule has 2 aliphatic rings. The van der Waals surface area contributed by atoms with Gasteiger partial charge in [0.05, 0.1) is 11.3 Å². The first kappa shape index (κ1) is 18.5. The third kappa shape index (κ3) is 3.73. The minimum absolute atomic E-state index is 0.00513. The zero-order chi connectivity index (χ0) is 19.7. The summed E-state index contributed by atoms with van der Waals surface area (Å²) in [5.41, 5.74) is 2.48. The van der Waals surface area contributed by atoms with Crippen LogP contribution in [-0.2, 0) is 6.54 Å². The number of hydrogen-bond acceptors (Lipinski definition) is 7.